The van der Waals surface area contributed by atoms with Gasteiger partial charge in [-0.3, -0.25) is 14.6 Å². The first-order valence-corrected chi connectivity index (χ1v) is 8.58. The Labute approximate surface area is 150 Å². The minimum absolute atomic E-state index is 0.0990. The Balaban J connectivity index is 1.51. The van der Waals surface area contributed by atoms with Crippen molar-refractivity contribution in [3.05, 3.63) is 64.5 Å². The lowest BCUT2D eigenvalue weighted by Gasteiger charge is -2.35. The summed E-state index contributed by atoms with van der Waals surface area (Å²) in [5.41, 5.74) is 2.33. The van der Waals surface area contributed by atoms with Crippen LogP contribution in [0.1, 0.15) is 16.3 Å². The summed E-state index contributed by atoms with van der Waals surface area (Å²) in [6, 6.07) is 11.0. The Hall–Kier alpha value is -3.22. The molecule has 132 valence electrons. The standard InChI is InChI=1S/C19H19N5O2/c1-13-12-14(6-7-20-13)23-8-10-24(11-9-23)19(26)17-21-16-5-3-2-4-15(16)18(25)22-17/h2-7,12H,8-11H2,1H3,(H,21,22,25). The van der Waals surface area contributed by atoms with Crippen LogP contribution in [0.5, 0.6) is 0 Å². The van der Waals surface area contributed by atoms with Gasteiger partial charge in [-0.15, -0.1) is 0 Å². The molecule has 2 aromatic heterocycles. The maximum atomic E-state index is 12.8. The number of aromatic amines is 1. The van der Waals surface area contributed by atoms with Gasteiger partial charge in [0.15, 0.2) is 5.82 Å². The van der Waals surface area contributed by atoms with Crippen molar-refractivity contribution in [2.45, 2.75) is 6.92 Å². The molecule has 0 radical (unpaired) electrons. The van der Waals surface area contributed by atoms with E-state index in [0.29, 0.717) is 24.0 Å². The molecule has 0 saturated carbocycles. The molecule has 1 aliphatic heterocycles. The van der Waals surface area contributed by atoms with E-state index in [9.17, 15) is 9.59 Å². The molecular formula is C19H19N5O2. The zero-order valence-corrected chi connectivity index (χ0v) is 14.5. The maximum absolute atomic E-state index is 12.8. The molecule has 7 nitrogen and oxygen atoms in total. The van der Waals surface area contributed by atoms with Crippen LogP contribution in [-0.2, 0) is 0 Å². The highest BCUT2D eigenvalue weighted by Crippen LogP contribution is 2.17. The first-order chi connectivity index (χ1) is 12.6. The molecule has 0 unspecified atom stereocenters. The van der Waals surface area contributed by atoms with Gasteiger partial charge in [0.25, 0.3) is 11.5 Å². The van der Waals surface area contributed by atoms with E-state index in [2.05, 4.69) is 19.9 Å². The second-order valence-electron chi connectivity index (χ2n) is 6.37. The summed E-state index contributed by atoms with van der Waals surface area (Å²) < 4.78 is 0. The van der Waals surface area contributed by atoms with Gasteiger partial charge in [0, 0.05) is 43.8 Å². The van der Waals surface area contributed by atoms with Gasteiger partial charge < -0.3 is 14.8 Å². The van der Waals surface area contributed by atoms with Gasteiger partial charge in [0.2, 0.25) is 0 Å². The molecule has 1 saturated heterocycles. The quantitative estimate of drug-likeness (QED) is 0.760. The number of aromatic nitrogens is 3. The highest BCUT2D eigenvalue weighted by molar-refractivity contribution is 5.92. The number of para-hydroxylation sites is 1. The number of pyridine rings is 1. The van der Waals surface area contributed by atoms with E-state index in [-0.39, 0.29) is 17.3 Å². The Kier molecular flexibility index (Phi) is 4.12. The first-order valence-electron chi connectivity index (χ1n) is 8.58. The molecule has 0 spiro atoms. The van der Waals surface area contributed by atoms with Gasteiger partial charge in [-0.2, -0.15) is 0 Å². The van der Waals surface area contributed by atoms with E-state index in [0.717, 1.165) is 24.5 Å². The fourth-order valence-electron chi connectivity index (χ4n) is 3.23. The van der Waals surface area contributed by atoms with E-state index in [1.807, 2.05) is 19.1 Å². The summed E-state index contributed by atoms with van der Waals surface area (Å²) in [5.74, 6) is -0.139. The average Bonchev–Trinajstić information content (AvgIpc) is 2.67. The highest BCUT2D eigenvalue weighted by atomic mass is 16.2. The number of nitrogens with one attached hydrogen (secondary N) is 1. The van der Waals surface area contributed by atoms with Crippen LogP contribution in [0.25, 0.3) is 10.9 Å². The Morgan fingerprint density at radius 1 is 1.12 bits per heavy atom. The number of piperazine rings is 1. The number of hydrogen-bond acceptors (Lipinski definition) is 5. The SMILES string of the molecule is Cc1cc(N2CCN(C(=O)c3nc4ccccc4c(=O)[nH]3)CC2)ccn1. The predicted octanol–water partition coefficient (Wildman–Crippen LogP) is 1.59. The van der Waals surface area contributed by atoms with E-state index in [4.69, 9.17) is 0 Å². The number of fused-ring (bicyclic) bond motifs is 1. The monoisotopic (exact) mass is 349 g/mol. The first kappa shape index (κ1) is 16.3. The lowest BCUT2D eigenvalue weighted by molar-refractivity contribution is 0.0734. The Morgan fingerprint density at radius 3 is 2.65 bits per heavy atom. The van der Waals surface area contributed by atoms with E-state index < -0.39 is 0 Å². The van der Waals surface area contributed by atoms with Gasteiger partial charge in [0.05, 0.1) is 10.9 Å². The van der Waals surface area contributed by atoms with E-state index in [1.165, 1.54) is 0 Å². The van der Waals surface area contributed by atoms with Crippen LogP contribution in [0, 0.1) is 6.92 Å². The molecule has 0 atom stereocenters. The normalized spacial score (nSPS) is 14.7. The van der Waals surface area contributed by atoms with Crippen molar-refractivity contribution in [1.29, 1.82) is 0 Å². The van der Waals surface area contributed by atoms with Crippen molar-refractivity contribution in [2.75, 3.05) is 31.1 Å². The second kappa shape index (κ2) is 6.59. The third kappa shape index (κ3) is 3.03. The highest BCUT2D eigenvalue weighted by Gasteiger charge is 2.24. The number of anilines is 1. The molecule has 3 heterocycles. The van der Waals surface area contributed by atoms with Crippen LogP contribution in [0.15, 0.2) is 47.4 Å². The molecule has 7 heteroatoms. The zero-order chi connectivity index (χ0) is 18.1. The second-order valence-corrected chi connectivity index (χ2v) is 6.37. The topological polar surface area (TPSA) is 82.2 Å². The lowest BCUT2D eigenvalue weighted by Crippen LogP contribution is -2.49. The van der Waals surface area contributed by atoms with Crippen molar-refractivity contribution < 1.29 is 4.79 Å². The van der Waals surface area contributed by atoms with Gasteiger partial charge in [-0.1, -0.05) is 12.1 Å². The average molecular weight is 349 g/mol. The number of nitrogens with zero attached hydrogens (tertiary/aromatic N) is 4. The van der Waals surface area contributed by atoms with Gasteiger partial charge in [0.1, 0.15) is 0 Å². The summed E-state index contributed by atoms with van der Waals surface area (Å²) >= 11 is 0. The fraction of sp³-hybridized carbons (Fsp3) is 0.263. The largest absolute Gasteiger partial charge is 0.368 e. The molecule has 3 aromatic rings. The minimum Gasteiger partial charge on any atom is -0.368 e. The molecule has 1 amide bonds. The van der Waals surface area contributed by atoms with Gasteiger partial charge in [-0.05, 0) is 31.2 Å². The molecule has 1 aromatic carbocycles. The summed E-state index contributed by atoms with van der Waals surface area (Å²) in [6.07, 6.45) is 1.80. The van der Waals surface area contributed by atoms with Crippen molar-refractivity contribution in [3.63, 3.8) is 0 Å². The third-order valence-corrected chi connectivity index (χ3v) is 4.63. The number of carbonyl (C=O) groups is 1. The van der Waals surface area contributed by atoms with Crippen LogP contribution < -0.4 is 10.5 Å². The number of rotatable bonds is 2. The molecule has 4 rings (SSSR count). The molecule has 0 aliphatic carbocycles. The molecule has 0 bridgehead atoms. The van der Waals surface area contributed by atoms with Crippen molar-refractivity contribution in [3.8, 4) is 0 Å². The fourth-order valence-corrected chi connectivity index (χ4v) is 3.23. The summed E-state index contributed by atoms with van der Waals surface area (Å²) in [4.78, 5) is 40.1. The van der Waals surface area contributed by atoms with Crippen LogP contribution in [-0.4, -0.2) is 51.9 Å². The predicted molar refractivity (Wildman–Crippen MR) is 99.5 cm³/mol. The summed E-state index contributed by atoms with van der Waals surface area (Å²) in [7, 11) is 0. The summed E-state index contributed by atoms with van der Waals surface area (Å²) in [5, 5.41) is 0.488. The van der Waals surface area contributed by atoms with Gasteiger partial charge >= 0.3 is 0 Å². The number of carbonyl (C=O) groups excluding carboxylic acids is 1. The number of amides is 1. The Morgan fingerprint density at radius 2 is 1.88 bits per heavy atom. The number of H-pyrrole nitrogens is 1. The maximum Gasteiger partial charge on any atom is 0.289 e. The lowest BCUT2D eigenvalue weighted by atomic mass is 10.2. The number of benzene rings is 1. The third-order valence-electron chi connectivity index (χ3n) is 4.63. The molecule has 1 N–H and O–H groups in total. The number of hydrogen-bond donors (Lipinski definition) is 1. The smallest absolute Gasteiger partial charge is 0.289 e. The summed E-state index contributed by atoms with van der Waals surface area (Å²) in [6.45, 7) is 4.58. The van der Waals surface area contributed by atoms with E-state index >= 15 is 0 Å². The number of aryl methyl sites for hydroxylation is 1. The van der Waals surface area contributed by atoms with Crippen molar-refractivity contribution in [1.82, 2.24) is 19.9 Å². The van der Waals surface area contributed by atoms with Crippen LogP contribution in [0.3, 0.4) is 0 Å². The van der Waals surface area contributed by atoms with E-state index in [1.54, 1.807) is 35.4 Å². The molecule has 1 fully saturated rings. The van der Waals surface area contributed by atoms with Crippen LogP contribution in [0.4, 0.5) is 5.69 Å². The zero-order valence-electron chi connectivity index (χ0n) is 14.5. The molecular weight excluding hydrogens is 330 g/mol. The van der Waals surface area contributed by atoms with Crippen LogP contribution in [0.2, 0.25) is 0 Å². The van der Waals surface area contributed by atoms with Crippen molar-refractivity contribution in [2.24, 2.45) is 0 Å². The Bertz CT molecular complexity index is 1020. The van der Waals surface area contributed by atoms with Crippen molar-refractivity contribution >= 4 is 22.5 Å². The molecule has 1 aliphatic rings. The van der Waals surface area contributed by atoms with Gasteiger partial charge in [-0.25, -0.2) is 4.98 Å². The van der Waals surface area contributed by atoms with Crippen LogP contribution >= 0.6 is 0 Å². The molecule has 26 heavy (non-hydrogen) atoms. The minimum atomic E-state index is -0.287.